The van der Waals surface area contributed by atoms with E-state index in [2.05, 4.69) is 25.6 Å². The van der Waals surface area contributed by atoms with Gasteiger partial charge < -0.3 is 30.3 Å². The summed E-state index contributed by atoms with van der Waals surface area (Å²) in [5, 5.41) is 24.8. The molecule has 11 nitrogen and oxygen atoms in total. The van der Waals surface area contributed by atoms with Crippen LogP contribution < -0.4 is 15.5 Å². The van der Waals surface area contributed by atoms with Crippen LogP contribution in [0.2, 0.25) is 0 Å². The van der Waals surface area contributed by atoms with E-state index in [9.17, 15) is 23.2 Å². The second-order valence-electron chi connectivity index (χ2n) is 7.04. The first kappa shape index (κ1) is 25.1. The van der Waals surface area contributed by atoms with Gasteiger partial charge in [-0.25, -0.2) is 8.42 Å². The van der Waals surface area contributed by atoms with E-state index in [-0.39, 0.29) is 60.3 Å². The van der Waals surface area contributed by atoms with Gasteiger partial charge in [-0.15, -0.1) is 0 Å². The lowest BCUT2D eigenvalue weighted by atomic mass is 10.2. The van der Waals surface area contributed by atoms with E-state index in [0.29, 0.717) is 0 Å². The Morgan fingerprint density at radius 1 is 0.941 bits per heavy atom. The van der Waals surface area contributed by atoms with Crippen molar-refractivity contribution in [2.45, 2.75) is 11.8 Å². The Labute approximate surface area is 197 Å². The fourth-order valence-electron chi connectivity index (χ4n) is 3.10. The predicted octanol–water partition coefficient (Wildman–Crippen LogP) is 2.09. The number of hydrogen-bond acceptors (Lipinski definition) is 11. The quantitative estimate of drug-likeness (QED) is 0.294. The summed E-state index contributed by atoms with van der Waals surface area (Å²) in [6.45, 7) is 1.68. The summed E-state index contributed by atoms with van der Waals surface area (Å²) in [4.78, 5) is 14.3. The van der Waals surface area contributed by atoms with Crippen LogP contribution in [-0.4, -0.2) is 64.4 Å². The lowest BCUT2D eigenvalue weighted by Crippen LogP contribution is -2.31. The Bertz CT molecular complexity index is 1230. The molecular weight excluding hydrogens is 460 g/mol. The van der Waals surface area contributed by atoms with Crippen LogP contribution in [0.1, 0.15) is 12.5 Å². The maximum absolute atomic E-state index is 11.8. The third kappa shape index (κ3) is 6.71. The summed E-state index contributed by atoms with van der Waals surface area (Å²) in [6, 6.07) is 13.5. The maximum atomic E-state index is 11.8. The summed E-state index contributed by atoms with van der Waals surface area (Å²) < 4.78 is 35.3. The molecule has 0 aliphatic rings. The smallest absolute Gasteiger partial charge is 0.233 e. The third-order valence-corrected chi connectivity index (χ3v) is 5.45. The molecule has 0 saturated carbocycles. The van der Waals surface area contributed by atoms with Crippen LogP contribution in [0.25, 0.3) is 6.08 Å². The van der Waals surface area contributed by atoms with Crippen molar-refractivity contribution in [1.82, 2.24) is 15.0 Å². The molecule has 0 amide bonds. The highest BCUT2D eigenvalue weighted by Crippen LogP contribution is 2.25. The summed E-state index contributed by atoms with van der Waals surface area (Å²) in [7, 11) is -4.73. The van der Waals surface area contributed by atoms with Crippen molar-refractivity contribution in [3.63, 3.8) is 0 Å². The maximum Gasteiger partial charge on any atom is 0.233 e. The molecule has 0 unspecified atom stereocenters. The van der Waals surface area contributed by atoms with E-state index in [1.807, 2.05) is 30.3 Å². The van der Waals surface area contributed by atoms with Gasteiger partial charge in [0.1, 0.15) is 10.1 Å². The van der Waals surface area contributed by atoms with Gasteiger partial charge in [0, 0.05) is 24.5 Å². The molecule has 180 valence electrons. The zero-order chi connectivity index (χ0) is 24.6. The molecule has 0 aliphatic carbocycles. The predicted molar refractivity (Wildman–Crippen MR) is 128 cm³/mol. The van der Waals surface area contributed by atoms with Gasteiger partial charge in [0.05, 0.1) is 18.1 Å². The number of aliphatic hydroxyl groups excluding tert-OH is 2. The van der Waals surface area contributed by atoms with Crippen LogP contribution in [-0.2, 0) is 10.1 Å². The van der Waals surface area contributed by atoms with Crippen LogP contribution >= 0.6 is 0 Å². The molecule has 3 rings (SSSR count). The number of benzene rings is 2. The van der Waals surface area contributed by atoms with Crippen molar-refractivity contribution >= 4 is 45.4 Å². The molecule has 0 radical (unpaired) electrons. The van der Waals surface area contributed by atoms with E-state index in [0.717, 1.165) is 5.69 Å². The average Bonchev–Trinajstić information content (AvgIpc) is 2.80. The van der Waals surface area contributed by atoms with E-state index >= 15 is 0 Å². The summed E-state index contributed by atoms with van der Waals surface area (Å²) in [6.07, 6.45) is 3.16. The van der Waals surface area contributed by atoms with E-state index in [1.165, 1.54) is 18.2 Å². The second-order valence-corrected chi connectivity index (χ2v) is 8.39. The molecular formula is C22H25N6O5S-. The third-order valence-electron chi connectivity index (χ3n) is 4.56. The standard InChI is InChI=1S/C22H26N6O5S/c1-2-6-16-9-10-18(15-19(16)34(31,32)33)24-21-25-20(23-17-7-4-3-5-8-17)26-22(27-21)28(11-13-29)12-14-30/h2-10,15,29-30H,11-14H2,1H3,(H,31,32,33)(H2,23,24,25,26,27)/p-1. The minimum atomic E-state index is -4.73. The van der Waals surface area contributed by atoms with Crippen LogP contribution in [0, 0.1) is 0 Å². The minimum Gasteiger partial charge on any atom is -0.744 e. The van der Waals surface area contributed by atoms with Gasteiger partial charge >= 0.3 is 0 Å². The fourth-order valence-corrected chi connectivity index (χ4v) is 3.79. The minimum absolute atomic E-state index is 0.0670. The number of anilines is 5. The monoisotopic (exact) mass is 485 g/mol. The molecule has 2 aromatic carbocycles. The van der Waals surface area contributed by atoms with Crippen molar-refractivity contribution in [1.29, 1.82) is 0 Å². The van der Waals surface area contributed by atoms with Gasteiger partial charge in [-0.3, -0.25) is 0 Å². The number of nitrogens with one attached hydrogen (secondary N) is 2. The van der Waals surface area contributed by atoms with Gasteiger partial charge in [-0.1, -0.05) is 36.4 Å². The van der Waals surface area contributed by atoms with Gasteiger partial charge in [0.25, 0.3) is 0 Å². The van der Waals surface area contributed by atoms with Crippen molar-refractivity contribution in [3.8, 4) is 0 Å². The van der Waals surface area contributed by atoms with Gasteiger partial charge in [-0.05, 0) is 36.8 Å². The number of allylic oxidation sites excluding steroid dienone is 1. The normalized spacial score (nSPS) is 11.5. The molecule has 34 heavy (non-hydrogen) atoms. The summed E-state index contributed by atoms with van der Waals surface area (Å²) >= 11 is 0. The van der Waals surface area contributed by atoms with Gasteiger partial charge in [0.15, 0.2) is 0 Å². The van der Waals surface area contributed by atoms with E-state index < -0.39 is 10.1 Å². The molecule has 1 aromatic heterocycles. The molecule has 0 atom stereocenters. The number of aliphatic hydroxyl groups is 2. The molecule has 0 saturated heterocycles. The zero-order valence-corrected chi connectivity index (χ0v) is 19.2. The van der Waals surface area contributed by atoms with Crippen molar-refractivity contribution in [2.75, 3.05) is 41.8 Å². The molecule has 0 bridgehead atoms. The number of para-hydroxylation sites is 1. The largest absolute Gasteiger partial charge is 0.744 e. The Morgan fingerprint density at radius 3 is 2.12 bits per heavy atom. The fraction of sp³-hybridized carbons (Fsp3) is 0.227. The molecule has 1 heterocycles. The lowest BCUT2D eigenvalue weighted by Gasteiger charge is -2.21. The van der Waals surface area contributed by atoms with E-state index in [1.54, 1.807) is 24.0 Å². The highest BCUT2D eigenvalue weighted by Gasteiger charge is 2.15. The van der Waals surface area contributed by atoms with Crippen LogP contribution in [0.5, 0.6) is 0 Å². The average molecular weight is 486 g/mol. The molecule has 0 fully saturated rings. The first-order valence-corrected chi connectivity index (χ1v) is 11.8. The SMILES string of the molecule is CC=Cc1ccc(Nc2nc(Nc3ccccc3)nc(N(CCO)CCO)n2)cc1S(=O)(=O)[O-]. The summed E-state index contributed by atoms with van der Waals surface area (Å²) in [5.41, 5.74) is 1.26. The lowest BCUT2D eigenvalue weighted by molar-refractivity contribution is 0.280. The Morgan fingerprint density at radius 2 is 1.56 bits per heavy atom. The zero-order valence-electron chi connectivity index (χ0n) is 18.4. The molecule has 3 aromatic rings. The Hall–Kier alpha value is -3.58. The molecule has 4 N–H and O–H groups in total. The first-order chi connectivity index (χ1) is 16.3. The molecule has 0 aliphatic heterocycles. The second kappa shape index (κ2) is 11.5. The number of hydrogen-bond donors (Lipinski definition) is 4. The van der Waals surface area contributed by atoms with Crippen molar-refractivity contribution < 1.29 is 23.2 Å². The molecule has 0 spiro atoms. The van der Waals surface area contributed by atoms with Gasteiger partial charge in [-0.2, -0.15) is 15.0 Å². The van der Waals surface area contributed by atoms with Crippen molar-refractivity contribution in [2.24, 2.45) is 0 Å². The Balaban J connectivity index is 2.02. The number of rotatable bonds is 11. The first-order valence-electron chi connectivity index (χ1n) is 10.4. The van der Waals surface area contributed by atoms with Crippen molar-refractivity contribution in [3.05, 3.63) is 60.2 Å². The molecule has 12 heteroatoms. The number of nitrogens with zero attached hydrogens (tertiary/aromatic N) is 4. The van der Waals surface area contributed by atoms with Crippen LogP contribution in [0.15, 0.2) is 59.5 Å². The number of aromatic nitrogens is 3. The Kier molecular flexibility index (Phi) is 8.49. The highest BCUT2D eigenvalue weighted by atomic mass is 32.2. The van der Waals surface area contributed by atoms with Gasteiger partial charge in [0.2, 0.25) is 17.8 Å². The highest BCUT2D eigenvalue weighted by molar-refractivity contribution is 7.85. The van der Waals surface area contributed by atoms with Crippen LogP contribution in [0.4, 0.5) is 29.2 Å². The van der Waals surface area contributed by atoms with E-state index in [4.69, 9.17) is 0 Å². The summed E-state index contributed by atoms with van der Waals surface area (Å²) in [5.74, 6) is 0.431. The topological polar surface area (TPSA) is 164 Å². The van der Waals surface area contributed by atoms with Crippen LogP contribution in [0.3, 0.4) is 0 Å².